The van der Waals surface area contributed by atoms with E-state index in [0.717, 1.165) is 0 Å². The van der Waals surface area contributed by atoms with Crippen molar-refractivity contribution in [2.24, 2.45) is 0 Å². The zero-order chi connectivity index (χ0) is 17.8. The second-order valence-corrected chi connectivity index (χ2v) is 6.17. The van der Waals surface area contributed by atoms with Gasteiger partial charge in [0.25, 0.3) is 0 Å². The van der Waals surface area contributed by atoms with Gasteiger partial charge in [-0.2, -0.15) is 0 Å². The van der Waals surface area contributed by atoms with Crippen molar-refractivity contribution in [3.8, 4) is 0 Å². The minimum Gasteiger partial charge on any atom is -0.337 e. The van der Waals surface area contributed by atoms with Crippen molar-refractivity contribution < 1.29 is 9.59 Å². The third kappa shape index (κ3) is 4.00. The van der Waals surface area contributed by atoms with Crippen LogP contribution in [-0.4, -0.2) is 52.9 Å². The molecule has 0 atom stereocenters. The molecule has 9 heteroatoms. The summed E-state index contributed by atoms with van der Waals surface area (Å²) in [5.41, 5.74) is 0.309. The Hall–Kier alpha value is -2.38. The lowest BCUT2D eigenvalue weighted by Gasteiger charge is -2.34. The van der Waals surface area contributed by atoms with Crippen molar-refractivity contribution in [3.05, 3.63) is 46.7 Å². The summed E-state index contributed by atoms with van der Waals surface area (Å²) in [6.45, 7) is 1.93. The molecule has 7 nitrogen and oxygen atoms in total. The van der Waals surface area contributed by atoms with Crippen molar-refractivity contribution in [2.45, 2.75) is 0 Å². The summed E-state index contributed by atoms with van der Waals surface area (Å²) in [6, 6.07) is 6.58. The number of carbonyl (C=O) groups excluding carboxylic acids is 2. The van der Waals surface area contributed by atoms with Crippen LogP contribution in [0.25, 0.3) is 0 Å². The van der Waals surface area contributed by atoms with Gasteiger partial charge in [-0.05, 0) is 18.2 Å². The number of rotatable bonds is 2. The van der Waals surface area contributed by atoms with Gasteiger partial charge in [0.1, 0.15) is 0 Å². The summed E-state index contributed by atoms with van der Waals surface area (Å²) in [6.07, 6.45) is 3.34. The maximum absolute atomic E-state index is 12.3. The molecule has 0 bridgehead atoms. The highest BCUT2D eigenvalue weighted by Crippen LogP contribution is 2.29. The minimum atomic E-state index is -0.742. The molecule has 1 saturated heterocycles. The quantitative estimate of drug-likeness (QED) is 0.808. The number of aromatic nitrogens is 2. The first-order valence-corrected chi connectivity index (χ1v) is 8.38. The number of nitrogens with zero attached hydrogens (tertiary/aromatic N) is 4. The summed E-state index contributed by atoms with van der Waals surface area (Å²) in [5, 5.41) is 3.02. The van der Waals surface area contributed by atoms with Gasteiger partial charge in [-0.1, -0.05) is 29.3 Å². The Bertz CT molecular complexity index is 779. The van der Waals surface area contributed by atoms with E-state index < -0.39 is 11.8 Å². The molecule has 1 aliphatic rings. The van der Waals surface area contributed by atoms with E-state index in [1.807, 2.05) is 4.90 Å². The number of nitrogens with one attached hydrogen (secondary N) is 1. The van der Waals surface area contributed by atoms with Crippen LogP contribution in [0, 0.1) is 0 Å². The van der Waals surface area contributed by atoms with Gasteiger partial charge in [-0.3, -0.25) is 9.59 Å². The van der Waals surface area contributed by atoms with Gasteiger partial charge < -0.3 is 15.1 Å². The molecule has 0 unspecified atom stereocenters. The molecule has 1 aliphatic heterocycles. The van der Waals surface area contributed by atoms with Crippen LogP contribution in [0.1, 0.15) is 0 Å². The van der Waals surface area contributed by atoms with E-state index in [9.17, 15) is 9.59 Å². The maximum Gasteiger partial charge on any atom is 0.313 e. The Labute approximate surface area is 154 Å². The normalized spacial score (nSPS) is 14.3. The van der Waals surface area contributed by atoms with E-state index in [1.165, 1.54) is 4.90 Å². The van der Waals surface area contributed by atoms with Gasteiger partial charge >= 0.3 is 11.8 Å². The monoisotopic (exact) mass is 379 g/mol. The Morgan fingerprint density at radius 2 is 1.68 bits per heavy atom. The summed E-state index contributed by atoms with van der Waals surface area (Å²) >= 11 is 11.9. The second-order valence-electron chi connectivity index (χ2n) is 5.38. The van der Waals surface area contributed by atoms with Crippen molar-refractivity contribution >= 4 is 46.7 Å². The van der Waals surface area contributed by atoms with Gasteiger partial charge in [-0.15, -0.1) is 0 Å². The van der Waals surface area contributed by atoms with Gasteiger partial charge in [-0.25, -0.2) is 9.97 Å². The summed E-state index contributed by atoms with van der Waals surface area (Å²) in [4.78, 5) is 36.3. The van der Waals surface area contributed by atoms with Gasteiger partial charge in [0.2, 0.25) is 5.95 Å². The molecule has 1 N–H and O–H groups in total. The first-order valence-electron chi connectivity index (χ1n) is 7.62. The third-order valence-electron chi connectivity index (χ3n) is 3.80. The standard InChI is InChI=1S/C16H15Cl2N5O2/c17-11-3-1-4-12(13(11)18)21-14(24)15(25)22-7-9-23(10-8-22)16-19-5-2-6-20-16/h1-6H,7-10H2,(H,21,24). The lowest BCUT2D eigenvalue weighted by molar-refractivity contribution is -0.143. The second kappa shape index (κ2) is 7.67. The molecule has 130 valence electrons. The molecule has 0 radical (unpaired) electrons. The number of anilines is 2. The molecule has 3 rings (SSSR count). The smallest absolute Gasteiger partial charge is 0.313 e. The van der Waals surface area contributed by atoms with Crippen LogP contribution in [0.3, 0.4) is 0 Å². The maximum atomic E-state index is 12.3. The van der Waals surface area contributed by atoms with Crippen LogP contribution in [0.4, 0.5) is 11.6 Å². The van der Waals surface area contributed by atoms with E-state index in [0.29, 0.717) is 42.8 Å². The molecular formula is C16H15Cl2N5O2. The highest BCUT2D eigenvalue weighted by atomic mass is 35.5. The van der Waals surface area contributed by atoms with E-state index in [1.54, 1.807) is 36.7 Å². The largest absolute Gasteiger partial charge is 0.337 e. The molecule has 0 spiro atoms. The summed E-state index contributed by atoms with van der Waals surface area (Å²) < 4.78 is 0. The van der Waals surface area contributed by atoms with Gasteiger partial charge in [0.05, 0.1) is 15.7 Å². The number of hydrogen-bond donors (Lipinski definition) is 1. The van der Waals surface area contributed by atoms with Crippen LogP contribution in [0.15, 0.2) is 36.7 Å². The van der Waals surface area contributed by atoms with Crippen LogP contribution < -0.4 is 10.2 Å². The lowest BCUT2D eigenvalue weighted by Crippen LogP contribution is -2.52. The molecular weight excluding hydrogens is 365 g/mol. The predicted molar refractivity (Wildman–Crippen MR) is 95.9 cm³/mol. The fraction of sp³-hybridized carbons (Fsp3) is 0.250. The average molecular weight is 380 g/mol. The zero-order valence-corrected chi connectivity index (χ0v) is 14.7. The Kier molecular flexibility index (Phi) is 5.35. The lowest BCUT2D eigenvalue weighted by atomic mass is 10.3. The number of halogens is 2. The van der Waals surface area contributed by atoms with Gasteiger partial charge in [0, 0.05) is 38.6 Å². The molecule has 1 aromatic heterocycles. The topological polar surface area (TPSA) is 78.4 Å². The Morgan fingerprint density at radius 3 is 2.36 bits per heavy atom. The Morgan fingerprint density at radius 1 is 1.00 bits per heavy atom. The fourth-order valence-electron chi connectivity index (χ4n) is 2.48. The predicted octanol–water partition coefficient (Wildman–Crippen LogP) is 2.07. The molecule has 2 aromatic rings. The highest BCUT2D eigenvalue weighted by molar-refractivity contribution is 6.45. The molecule has 2 heterocycles. The first-order chi connectivity index (χ1) is 12.1. The van der Waals surface area contributed by atoms with E-state index in [2.05, 4.69) is 15.3 Å². The van der Waals surface area contributed by atoms with Gasteiger partial charge in [0.15, 0.2) is 0 Å². The molecule has 0 aliphatic carbocycles. The fourth-order valence-corrected chi connectivity index (χ4v) is 2.83. The third-order valence-corrected chi connectivity index (χ3v) is 4.61. The van der Waals surface area contributed by atoms with E-state index in [-0.39, 0.29) is 5.02 Å². The number of amides is 2. The molecule has 1 aromatic carbocycles. The van der Waals surface area contributed by atoms with Crippen molar-refractivity contribution in [2.75, 3.05) is 36.4 Å². The number of piperazine rings is 1. The minimum absolute atomic E-state index is 0.205. The molecule has 2 amide bonds. The average Bonchev–Trinajstić information content (AvgIpc) is 2.65. The molecule has 25 heavy (non-hydrogen) atoms. The van der Waals surface area contributed by atoms with Crippen molar-refractivity contribution in [1.82, 2.24) is 14.9 Å². The van der Waals surface area contributed by atoms with E-state index in [4.69, 9.17) is 23.2 Å². The number of carbonyl (C=O) groups is 2. The van der Waals surface area contributed by atoms with E-state index >= 15 is 0 Å². The van der Waals surface area contributed by atoms with Crippen molar-refractivity contribution in [3.63, 3.8) is 0 Å². The zero-order valence-electron chi connectivity index (χ0n) is 13.2. The molecule has 0 saturated carbocycles. The van der Waals surface area contributed by atoms with Crippen LogP contribution in [0.5, 0.6) is 0 Å². The summed E-state index contributed by atoms with van der Waals surface area (Å²) in [5.74, 6) is -0.733. The first kappa shape index (κ1) is 17.4. The van der Waals surface area contributed by atoms with Crippen LogP contribution in [-0.2, 0) is 9.59 Å². The number of benzene rings is 1. The number of hydrogen-bond acceptors (Lipinski definition) is 5. The highest BCUT2D eigenvalue weighted by Gasteiger charge is 2.27. The van der Waals surface area contributed by atoms with Crippen molar-refractivity contribution in [1.29, 1.82) is 0 Å². The summed E-state index contributed by atoms with van der Waals surface area (Å²) in [7, 11) is 0. The van der Waals surface area contributed by atoms with Crippen LogP contribution >= 0.6 is 23.2 Å². The Balaban J connectivity index is 1.59. The van der Waals surface area contributed by atoms with Crippen LogP contribution in [0.2, 0.25) is 10.0 Å². The molecule has 1 fully saturated rings. The SMILES string of the molecule is O=C(Nc1cccc(Cl)c1Cl)C(=O)N1CCN(c2ncccn2)CC1.